The summed E-state index contributed by atoms with van der Waals surface area (Å²) in [5.74, 6) is -0.697. The van der Waals surface area contributed by atoms with Crippen LogP contribution in [0.15, 0.2) is 0 Å². The summed E-state index contributed by atoms with van der Waals surface area (Å²) in [7, 11) is 1.84. The fourth-order valence-corrected chi connectivity index (χ4v) is 3.05. The van der Waals surface area contributed by atoms with Gasteiger partial charge in [-0.2, -0.15) is 0 Å². The largest absolute Gasteiger partial charge is 0.481 e. The summed E-state index contributed by atoms with van der Waals surface area (Å²) in [4.78, 5) is 25.5. The molecule has 0 bridgehead atoms. The summed E-state index contributed by atoms with van der Waals surface area (Å²) < 4.78 is 0. The van der Waals surface area contributed by atoms with E-state index in [2.05, 4.69) is 20.8 Å². The molecule has 0 heterocycles. The number of carboxylic acid groups (broad SMARTS) is 1. The van der Waals surface area contributed by atoms with E-state index in [0.29, 0.717) is 6.42 Å². The fourth-order valence-electron chi connectivity index (χ4n) is 3.05. The number of carbonyl (C=O) groups excluding carboxylic acids is 1. The number of rotatable bonds is 6. The molecule has 1 aliphatic carbocycles. The smallest absolute Gasteiger partial charge is 0.303 e. The molecule has 116 valence electrons. The Balaban J connectivity index is 2.79. The highest BCUT2D eigenvalue weighted by molar-refractivity contribution is 5.78. The topological polar surface area (TPSA) is 57.6 Å². The van der Waals surface area contributed by atoms with Gasteiger partial charge in [0.15, 0.2) is 0 Å². The average molecular weight is 283 g/mol. The first-order valence-corrected chi connectivity index (χ1v) is 7.71. The van der Waals surface area contributed by atoms with E-state index in [1.165, 1.54) is 0 Å². The maximum absolute atomic E-state index is 12.5. The lowest BCUT2D eigenvalue weighted by atomic mass is 9.69. The molecule has 1 aliphatic rings. The number of hydrogen-bond acceptors (Lipinski definition) is 2. The van der Waals surface area contributed by atoms with Crippen LogP contribution < -0.4 is 0 Å². The van der Waals surface area contributed by atoms with Crippen LogP contribution in [0.5, 0.6) is 0 Å². The van der Waals surface area contributed by atoms with Gasteiger partial charge in [0, 0.05) is 19.0 Å². The third-order valence-corrected chi connectivity index (χ3v) is 5.11. The second-order valence-corrected chi connectivity index (χ2v) is 6.93. The number of amides is 1. The number of aliphatic carboxylic acids is 1. The predicted molar refractivity (Wildman–Crippen MR) is 79.5 cm³/mol. The summed E-state index contributed by atoms with van der Waals surface area (Å²) in [6.45, 7) is 6.17. The quantitative estimate of drug-likeness (QED) is 0.812. The number of carboxylic acids is 1. The predicted octanol–water partition coefficient (Wildman–Crippen LogP) is 3.45. The van der Waals surface area contributed by atoms with E-state index in [9.17, 15) is 9.59 Å². The molecule has 0 aromatic heterocycles. The lowest BCUT2D eigenvalue weighted by Gasteiger charge is -2.40. The van der Waals surface area contributed by atoms with E-state index in [1.807, 2.05) is 7.05 Å². The number of nitrogens with zero attached hydrogens (tertiary/aromatic N) is 1. The Kier molecular flexibility index (Phi) is 5.60. The van der Waals surface area contributed by atoms with Crippen molar-refractivity contribution in [1.29, 1.82) is 0 Å². The van der Waals surface area contributed by atoms with Crippen molar-refractivity contribution >= 4 is 11.9 Å². The fraction of sp³-hybridized carbons (Fsp3) is 0.875. The first-order valence-electron chi connectivity index (χ1n) is 7.71. The van der Waals surface area contributed by atoms with Crippen molar-refractivity contribution in [1.82, 2.24) is 4.90 Å². The van der Waals surface area contributed by atoms with Gasteiger partial charge in [-0.1, -0.05) is 26.2 Å². The molecule has 0 aromatic rings. The summed E-state index contributed by atoms with van der Waals surface area (Å²) in [5.41, 5.74) is -0.491. The van der Waals surface area contributed by atoms with Crippen LogP contribution in [0.4, 0.5) is 0 Å². The van der Waals surface area contributed by atoms with E-state index in [4.69, 9.17) is 5.11 Å². The molecule has 1 rings (SSSR count). The monoisotopic (exact) mass is 283 g/mol. The Bertz CT molecular complexity index is 357. The molecule has 0 aliphatic heterocycles. The Morgan fingerprint density at radius 1 is 1.15 bits per heavy atom. The van der Waals surface area contributed by atoms with Crippen LogP contribution in [0.25, 0.3) is 0 Å². The maximum Gasteiger partial charge on any atom is 0.303 e. The van der Waals surface area contributed by atoms with Crippen molar-refractivity contribution < 1.29 is 14.7 Å². The van der Waals surface area contributed by atoms with Crippen LogP contribution in [0.3, 0.4) is 0 Å². The SMILES string of the molecule is CCC(C)(C)N(C)C(=O)CC1(CC(=O)O)CCCCC1. The van der Waals surface area contributed by atoms with E-state index < -0.39 is 5.97 Å². The molecule has 1 N–H and O–H groups in total. The first kappa shape index (κ1) is 17.0. The van der Waals surface area contributed by atoms with Crippen LogP contribution in [0.1, 0.15) is 72.1 Å². The summed E-state index contributed by atoms with van der Waals surface area (Å²) in [5, 5.41) is 9.16. The zero-order chi connectivity index (χ0) is 15.4. The zero-order valence-electron chi connectivity index (χ0n) is 13.4. The molecular weight excluding hydrogens is 254 g/mol. The van der Waals surface area contributed by atoms with Crippen LogP contribution >= 0.6 is 0 Å². The minimum atomic E-state index is -0.780. The summed E-state index contributed by atoms with van der Waals surface area (Å²) in [6.07, 6.45) is 6.37. The van der Waals surface area contributed by atoms with Crippen molar-refractivity contribution in [2.24, 2.45) is 5.41 Å². The molecule has 0 saturated heterocycles. The van der Waals surface area contributed by atoms with Crippen molar-refractivity contribution in [3.05, 3.63) is 0 Å². The van der Waals surface area contributed by atoms with Gasteiger partial charge in [0.05, 0.1) is 6.42 Å². The Morgan fingerprint density at radius 3 is 2.15 bits per heavy atom. The van der Waals surface area contributed by atoms with Crippen molar-refractivity contribution in [2.45, 2.75) is 77.7 Å². The van der Waals surface area contributed by atoms with Gasteiger partial charge < -0.3 is 10.0 Å². The van der Waals surface area contributed by atoms with Crippen molar-refractivity contribution in [3.8, 4) is 0 Å². The van der Waals surface area contributed by atoms with Gasteiger partial charge in [-0.05, 0) is 38.5 Å². The Morgan fingerprint density at radius 2 is 1.70 bits per heavy atom. The van der Waals surface area contributed by atoms with E-state index in [0.717, 1.165) is 38.5 Å². The lowest BCUT2D eigenvalue weighted by Crippen LogP contribution is -2.46. The Hall–Kier alpha value is -1.06. The Labute approximate surface area is 122 Å². The molecule has 0 spiro atoms. The molecular formula is C16H29NO3. The van der Waals surface area contributed by atoms with Gasteiger partial charge in [-0.25, -0.2) is 0 Å². The van der Waals surface area contributed by atoms with Crippen LogP contribution in [-0.4, -0.2) is 34.5 Å². The molecule has 0 radical (unpaired) electrons. The van der Waals surface area contributed by atoms with Gasteiger partial charge in [0.2, 0.25) is 5.91 Å². The minimum Gasteiger partial charge on any atom is -0.481 e. The minimum absolute atomic E-state index is 0.0833. The molecule has 1 fully saturated rings. The van der Waals surface area contributed by atoms with Gasteiger partial charge >= 0.3 is 5.97 Å². The normalized spacial score (nSPS) is 18.6. The van der Waals surface area contributed by atoms with Gasteiger partial charge in [0.1, 0.15) is 0 Å². The number of hydrogen-bond donors (Lipinski definition) is 1. The van der Waals surface area contributed by atoms with Crippen LogP contribution in [0.2, 0.25) is 0 Å². The third kappa shape index (κ3) is 4.22. The highest BCUT2D eigenvalue weighted by Gasteiger charge is 2.38. The third-order valence-electron chi connectivity index (χ3n) is 5.11. The molecule has 0 atom stereocenters. The molecule has 1 amide bonds. The first-order chi connectivity index (χ1) is 9.22. The van der Waals surface area contributed by atoms with Gasteiger partial charge in [0.25, 0.3) is 0 Å². The molecule has 0 aromatic carbocycles. The van der Waals surface area contributed by atoms with Crippen LogP contribution in [0, 0.1) is 5.41 Å². The van der Waals surface area contributed by atoms with Gasteiger partial charge in [-0.15, -0.1) is 0 Å². The average Bonchev–Trinajstić information content (AvgIpc) is 2.37. The van der Waals surface area contributed by atoms with Crippen LogP contribution in [-0.2, 0) is 9.59 Å². The summed E-state index contributed by atoms with van der Waals surface area (Å²) >= 11 is 0. The van der Waals surface area contributed by atoms with Crippen molar-refractivity contribution in [3.63, 3.8) is 0 Å². The van der Waals surface area contributed by atoms with E-state index in [-0.39, 0.29) is 23.3 Å². The zero-order valence-corrected chi connectivity index (χ0v) is 13.4. The number of carbonyl (C=O) groups is 2. The van der Waals surface area contributed by atoms with E-state index >= 15 is 0 Å². The molecule has 4 nitrogen and oxygen atoms in total. The van der Waals surface area contributed by atoms with E-state index in [1.54, 1.807) is 4.90 Å². The summed E-state index contributed by atoms with van der Waals surface area (Å²) in [6, 6.07) is 0. The molecule has 4 heteroatoms. The highest BCUT2D eigenvalue weighted by Crippen LogP contribution is 2.43. The lowest BCUT2D eigenvalue weighted by molar-refractivity contribution is -0.143. The molecule has 1 saturated carbocycles. The standard InChI is InChI=1S/C16H29NO3/c1-5-15(2,3)17(4)13(18)11-16(12-14(19)20)9-7-6-8-10-16/h5-12H2,1-4H3,(H,19,20). The second-order valence-electron chi connectivity index (χ2n) is 6.93. The van der Waals surface area contributed by atoms with Gasteiger partial charge in [-0.3, -0.25) is 9.59 Å². The van der Waals surface area contributed by atoms with Crippen molar-refractivity contribution in [2.75, 3.05) is 7.05 Å². The maximum atomic E-state index is 12.5. The molecule has 0 unspecified atom stereocenters. The highest BCUT2D eigenvalue weighted by atomic mass is 16.4. The molecule has 20 heavy (non-hydrogen) atoms. The second kappa shape index (κ2) is 6.59.